The van der Waals surface area contributed by atoms with Crippen molar-refractivity contribution >= 4 is 28.7 Å². The number of nitrogens with one attached hydrogen (secondary N) is 2. The average molecular weight is 327 g/mol. The fraction of sp³-hybridized carbons (Fsp3) is 0.222. The number of anilines is 1. The number of aryl methyl sites for hydroxylation is 2. The quantitative estimate of drug-likeness (QED) is 0.449. The maximum absolute atomic E-state index is 9.36. The van der Waals surface area contributed by atoms with E-state index in [4.69, 9.17) is 12.2 Å². The molecule has 2 rings (SSSR count). The molecule has 0 aliphatic rings. The van der Waals surface area contributed by atoms with E-state index >= 15 is 0 Å². The van der Waals surface area contributed by atoms with Crippen molar-refractivity contribution in [3.63, 3.8) is 0 Å². The molecule has 0 fully saturated rings. The summed E-state index contributed by atoms with van der Waals surface area (Å²) in [5.41, 5.74) is 7.97. The molecule has 0 unspecified atom stereocenters. The first-order valence-electron chi connectivity index (χ1n) is 7.50. The average Bonchev–Trinajstić information content (AvgIpc) is 2.53. The highest BCUT2D eigenvalue weighted by Crippen LogP contribution is 2.16. The van der Waals surface area contributed by atoms with E-state index < -0.39 is 0 Å². The van der Waals surface area contributed by atoms with Crippen LogP contribution in [-0.2, 0) is 0 Å². The third-order valence-corrected chi connectivity index (χ3v) is 3.66. The summed E-state index contributed by atoms with van der Waals surface area (Å²) < 4.78 is 0. The predicted molar refractivity (Wildman–Crippen MR) is 100 cm³/mol. The SMILES string of the molecule is CC/C(=N/NC(=S)Nc1cc(C)ccc1C)c1ccc(O)cc1. The van der Waals surface area contributed by atoms with Gasteiger partial charge in [0, 0.05) is 5.69 Å². The third-order valence-electron chi connectivity index (χ3n) is 3.47. The van der Waals surface area contributed by atoms with Gasteiger partial charge in [0.1, 0.15) is 5.75 Å². The molecule has 0 bridgehead atoms. The van der Waals surface area contributed by atoms with Crippen LogP contribution < -0.4 is 10.7 Å². The number of phenolic OH excluding ortho intramolecular Hbond substituents is 1. The number of hydrogen-bond acceptors (Lipinski definition) is 3. The molecule has 0 saturated heterocycles. The van der Waals surface area contributed by atoms with Gasteiger partial charge in [0.05, 0.1) is 5.71 Å². The summed E-state index contributed by atoms with van der Waals surface area (Å²) in [5.74, 6) is 0.240. The number of nitrogens with zero attached hydrogens (tertiary/aromatic N) is 1. The summed E-state index contributed by atoms with van der Waals surface area (Å²) in [7, 11) is 0. The molecule has 4 nitrogen and oxygen atoms in total. The highest BCUT2D eigenvalue weighted by atomic mass is 32.1. The minimum absolute atomic E-state index is 0.240. The van der Waals surface area contributed by atoms with Crippen molar-refractivity contribution in [3.05, 3.63) is 59.2 Å². The van der Waals surface area contributed by atoms with E-state index in [9.17, 15) is 5.11 Å². The Morgan fingerprint density at radius 2 is 1.83 bits per heavy atom. The topological polar surface area (TPSA) is 56.7 Å². The van der Waals surface area contributed by atoms with Crippen molar-refractivity contribution in [1.29, 1.82) is 0 Å². The molecule has 0 amide bonds. The second-order valence-corrected chi connectivity index (χ2v) is 5.75. The molecule has 2 aromatic rings. The molecule has 0 aliphatic carbocycles. The summed E-state index contributed by atoms with van der Waals surface area (Å²) in [6, 6.07) is 13.1. The molecule has 0 atom stereocenters. The summed E-state index contributed by atoms with van der Waals surface area (Å²) in [6.45, 7) is 6.09. The number of aromatic hydroxyl groups is 1. The molecular formula is C18H21N3OS. The molecular weight excluding hydrogens is 306 g/mol. The Hall–Kier alpha value is -2.40. The summed E-state index contributed by atoms with van der Waals surface area (Å²) >= 11 is 5.31. The van der Waals surface area contributed by atoms with Gasteiger partial charge in [-0.2, -0.15) is 5.10 Å². The molecule has 0 aliphatic heterocycles. The van der Waals surface area contributed by atoms with Crippen molar-refractivity contribution in [3.8, 4) is 5.75 Å². The largest absolute Gasteiger partial charge is 0.508 e. The van der Waals surface area contributed by atoms with Crippen LogP contribution >= 0.6 is 12.2 Å². The first-order valence-corrected chi connectivity index (χ1v) is 7.90. The van der Waals surface area contributed by atoms with E-state index in [1.807, 2.05) is 39.0 Å². The number of thiocarbonyl (C=S) groups is 1. The van der Waals surface area contributed by atoms with E-state index in [2.05, 4.69) is 28.0 Å². The van der Waals surface area contributed by atoms with Crippen molar-refractivity contribution < 1.29 is 5.11 Å². The van der Waals surface area contributed by atoms with Crippen LogP contribution in [0.1, 0.15) is 30.0 Å². The highest BCUT2D eigenvalue weighted by molar-refractivity contribution is 7.80. The van der Waals surface area contributed by atoms with Gasteiger partial charge in [0.2, 0.25) is 0 Å². The molecule has 0 radical (unpaired) electrons. The molecule has 0 aromatic heterocycles. The Morgan fingerprint density at radius 1 is 1.13 bits per heavy atom. The van der Waals surface area contributed by atoms with Crippen LogP contribution in [0, 0.1) is 13.8 Å². The van der Waals surface area contributed by atoms with Crippen LogP contribution in [-0.4, -0.2) is 15.9 Å². The lowest BCUT2D eigenvalue weighted by Gasteiger charge is -2.12. The van der Waals surface area contributed by atoms with Gasteiger partial charge in [-0.05, 0) is 79.5 Å². The van der Waals surface area contributed by atoms with Gasteiger partial charge in [-0.3, -0.25) is 5.43 Å². The summed E-state index contributed by atoms with van der Waals surface area (Å²) in [5, 5.41) is 17.3. The van der Waals surface area contributed by atoms with E-state index in [1.165, 1.54) is 5.56 Å². The van der Waals surface area contributed by atoms with Crippen molar-refractivity contribution in [2.24, 2.45) is 5.10 Å². The molecule has 0 heterocycles. The first kappa shape index (κ1) is 17.0. The van der Waals surface area contributed by atoms with E-state index in [0.717, 1.165) is 28.9 Å². The summed E-state index contributed by atoms with van der Waals surface area (Å²) in [4.78, 5) is 0. The van der Waals surface area contributed by atoms with Crippen LogP contribution in [0.5, 0.6) is 5.75 Å². The fourth-order valence-electron chi connectivity index (χ4n) is 2.14. The minimum Gasteiger partial charge on any atom is -0.508 e. The van der Waals surface area contributed by atoms with Gasteiger partial charge in [0.15, 0.2) is 5.11 Å². The van der Waals surface area contributed by atoms with E-state index in [0.29, 0.717) is 5.11 Å². The van der Waals surface area contributed by atoms with Gasteiger partial charge in [-0.15, -0.1) is 0 Å². The van der Waals surface area contributed by atoms with Gasteiger partial charge in [-0.1, -0.05) is 19.1 Å². The lowest BCUT2D eigenvalue weighted by molar-refractivity contribution is 0.475. The number of rotatable bonds is 4. The molecule has 23 heavy (non-hydrogen) atoms. The molecule has 0 spiro atoms. The second kappa shape index (κ2) is 7.74. The standard InChI is InChI=1S/C18H21N3OS/c1-4-16(14-7-9-15(22)10-8-14)20-21-18(23)19-17-11-12(2)5-6-13(17)3/h5-11,22H,4H2,1-3H3,(H2,19,21,23)/b20-16-. The zero-order valence-electron chi connectivity index (χ0n) is 13.6. The Balaban J connectivity index is 2.06. The second-order valence-electron chi connectivity index (χ2n) is 5.34. The van der Waals surface area contributed by atoms with Gasteiger partial charge < -0.3 is 10.4 Å². The molecule has 0 saturated carbocycles. The van der Waals surface area contributed by atoms with Gasteiger partial charge in [0.25, 0.3) is 0 Å². The lowest BCUT2D eigenvalue weighted by Crippen LogP contribution is -2.25. The zero-order valence-corrected chi connectivity index (χ0v) is 14.4. The normalized spacial score (nSPS) is 11.2. The molecule has 3 N–H and O–H groups in total. The van der Waals surface area contributed by atoms with Crippen LogP contribution in [0.15, 0.2) is 47.6 Å². The van der Waals surface area contributed by atoms with E-state index in [-0.39, 0.29) is 5.75 Å². The molecule has 2 aromatic carbocycles. The van der Waals surface area contributed by atoms with Crippen molar-refractivity contribution in [1.82, 2.24) is 5.43 Å². The van der Waals surface area contributed by atoms with Gasteiger partial charge in [-0.25, -0.2) is 0 Å². The van der Waals surface area contributed by atoms with Crippen LogP contribution in [0.25, 0.3) is 0 Å². The van der Waals surface area contributed by atoms with E-state index in [1.54, 1.807) is 12.1 Å². The number of phenols is 1. The van der Waals surface area contributed by atoms with Crippen LogP contribution in [0.4, 0.5) is 5.69 Å². The monoisotopic (exact) mass is 327 g/mol. The lowest BCUT2D eigenvalue weighted by atomic mass is 10.1. The molecule has 5 heteroatoms. The third kappa shape index (κ3) is 4.79. The maximum atomic E-state index is 9.36. The zero-order chi connectivity index (χ0) is 16.8. The Bertz CT molecular complexity index is 724. The van der Waals surface area contributed by atoms with Crippen LogP contribution in [0.2, 0.25) is 0 Å². The number of benzene rings is 2. The first-order chi connectivity index (χ1) is 11.0. The Morgan fingerprint density at radius 3 is 2.48 bits per heavy atom. The minimum atomic E-state index is 0.240. The summed E-state index contributed by atoms with van der Waals surface area (Å²) in [6.07, 6.45) is 0.754. The van der Waals surface area contributed by atoms with Crippen molar-refractivity contribution in [2.75, 3.05) is 5.32 Å². The van der Waals surface area contributed by atoms with Gasteiger partial charge >= 0.3 is 0 Å². The Labute approximate surface area is 142 Å². The maximum Gasteiger partial charge on any atom is 0.191 e. The Kier molecular flexibility index (Phi) is 5.71. The van der Waals surface area contributed by atoms with Crippen LogP contribution in [0.3, 0.4) is 0 Å². The smallest absolute Gasteiger partial charge is 0.191 e. The number of hydrazone groups is 1. The van der Waals surface area contributed by atoms with Crippen molar-refractivity contribution in [2.45, 2.75) is 27.2 Å². The predicted octanol–water partition coefficient (Wildman–Crippen LogP) is 4.11. The highest BCUT2D eigenvalue weighted by Gasteiger charge is 2.04. The number of hydrogen-bond donors (Lipinski definition) is 3. The fourth-order valence-corrected chi connectivity index (χ4v) is 2.30. The molecule has 120 valence electrons.